The lowest BCUT2D eigenvalue weighted by atomic mass is 10.1. The second-order valence-corrected chi connectivity index (χ2v) is 5.60. The van der Waals surface area contributed by atoms with Gasteiger partial charge >= 0.3 is 5.97 Å². The summed E-state index contributed by atoms with van der Waals surface area (Å²) in [5.74, 6) is -0.786. The van der Waals surface area contributed by atoms with Gasteiger partial charge in [0.25, 0.3) is 0 Å². The van der Waals surface area contributed by atoms with E-state index < -0.39 is 5.97 Å². The Morgan fingerprint density at radius 2 is 2.10 bits per heavy atom. The Balaban J connectivity index is 1.91. The number of hydrogen-bond acceptors (Lipinski definition) is 2. The van der Waals surface area contributed by atoms with Crippen molar-refractivity contribution in [2.75, 3.05) is 0 Å². The summed E-state index contributed by atoms with van der Waals surface area (Å²) in [6.07, 6.45) is 3.02. The number of aromatic nitrogens is 1. The number of carboxylic acid groups (broad SMARTS) is 1. The number of thiophene rings is 1. The molecule has 3 rings (SSSR count). The average Bonchev–Trinajstić information content (AvgIpc) is 3.05. The Bertz CT molecular complexity index is 728. The van der Waals surface area contributed by atoms with Crippen LogP contribution in [0.3, 0.4) is 0 Å². The van der Waals surface area contributed by atoms with Crippen LogP contribution in [-0.2, 0) is 24.2 Å². The molecule has 102 valence electrons. The molecule has 2 heterocycles. The third-order valence-corrected chi connectivity index (χ3v) is 4.17. The second-order valence-electron chi connectivity index (χ2n) is 4.82. The average molecular weight is 285 g/mol. The van der Waals surface area contributed by atoms with Crippen LogP contribution in [0.15, 0.2) is 47.3 Å². The second kappa shape index (κ2) is 5.51. The largest absolute Gasteiger partial charge is 0.481 e. The zero-order valence-corrected chi connectivity index (χ0v) is 11.8. The number of rotatable bonds is 5. The first-order chi connectivity index (χ1) is 9.74. The molecule has 0 unspecified atom stereocenters. The van der Waals surface area contributed by atoms with E-state index in [4.69, 9.17) is 5.11 Å². The summed E-state index contributed by atoms with van der Waals surface area (Å²) >= 11 is 1.71. The summed E-state index contributed by atoms with van der Waals surface area (Å²) in [7, 11) is 0. The van der Waals surface area contributed by atoms with E-state index in [0.29, 0.717) is 0 Å². The van der Waals surface area contributed by atoms with Gasteiger partial charge in [0.05, 0.1) is 6.42 Å². The lowest BCUT2D eigenvalue weighted by molar-refractivity contribution is -0.136. The third kappa shape index (κ3) is 2.60. The highest BCUT2D eigenvalue weighted by molar-refractivity contribution is 7.07. The molecule has 3 aromatic rings. The fourth-order valence-electron chi connectivity index (χ4n) is 2.50. The topological polar surface area (TPSA) is 42.2 Å². The van der Waals surface area contributed by atoms with Gasteiger partial charge in [0.2, 0.25) is 0 Å². The Morgan fingerprint density at radius 3 is 2.85 bits per heavy atom. The SMILES string of the molecule is O=C(O)Cc1cn(CCc2ccsc2)c2ccccc12. The van der Waals surface area contributed by atoms with E-state index in [-0.39, 0.29) is 6.42 Å². The van der Waals surface area contributed by atoms with E-state index >= 15 is 0 Å². The normalized spacial score (nSPS) is 11.0. The molecule has 0 saturated carbocycles. The smallest absolute Gasteiger partial charge is 0.307 e. The van der Waals surface area contributed by atoms with E-state index in [9.17, 15) is 4.79 Å². The number of carboxylic acids is 1. The molecular weight excluding hydrogens is 270 g/mol. The van der Waals surface area contributed by atoms with Crippen molar-refractivity contribution < 1.29 is 9.90 Å². The minimum atomic E-state index is -0.786. The third-order valence-electron chi connectivity index (χ3n) is 3.43. The molecule has 0 spiro atoms. The van der Waals surface area contributed by atoms with E-state index in [2.05, 4.69) is 21.4 Å². The summed E-state index contributed by atoms with van der Waals surface area (Å²) in [5.41, 5.74) is 3.32. The number of fused-ring (bicyclic) bond motifs is 1. The van der Waals surface area contributed by atoms with Gasteiger partial charge in [-0.2, -0.15) is 11.3 Å². The van der Waals surface area contributed by atoms with E-state index in [1.54, 1.807) is 11.3 Å². The molecule has 0 aliphatic rings. The zero-order chi connectivity index (χ0) is 13.9. The van der Waals surface area contributed by atoms with Gasteiger partial charge in [-0.3, -0.25) is 4.79 Å². The van der Waals surface area contributed by atoms with E-state index in [1.165, 1.54) is 5.56 Å². The van der Waals surface area contributed by atoms with Gasteiger partial charge in [-0.25, -0.2) is 0 Å². The van der Waals surface area contributed by atoms with Gasteiger partial charge in [0, 0.05) is 23.6 Å². The highest BCUT2D eigenvalue weighted by Gasteiger charge is 2.10. The maximum absolute atomic E-state index is 11.0. The van der Waals surface area contributed by atoms with E-state index in [0.717, 1.165) is 29.4 Å². The first-order valence-electron chi connectivity index (χ1n) is 6.53. The number of hydrogen-bond donors (Lipinski definition) is 1. The Morgan fingerprint density at radius 1 is 1.25 bits per heavy atom. The van der Waals surface area contributed by atoms with Crippen molar-refractivity contribution in [3.63, 3.8) is 0 Å². The van der Waals surface area contributed by atoms with Crippen LogP contribution in [0, 0.1) is 0 Å². The van der Waals surface area contributed by atoms with Crippen LogP contribution < -0.4 is 0 Å². The molecule has 0 bridgehead atoms. The standard InChI is InChI=1S/C16H15NO2S/c18-16(19)9-13-10-17(7-5-12-6-8-20-11-12)15-4-2-1-3-14(13)15/h1-4,6,8,10-11H,5,7,9H2,(H,18,19). The van der Waals surface area contributed by atoms with Gasteiger partial charge in [-0.1, -0.05) is 18.2 Å². The van der Waals surface area contributed by atoms with Crippen LogP contribution >= 0.6 is 11.3 Å². The first kappa shape index (κ1) is 12.9. The van der Waals surface area contributed by atoms with Crippen molar-refractivity contribution in [2.45, 2.75) is 19.4 Å². The van der Waals surface area contributed by atoms with Crippen LogP contribution in [0.2, 0.25) is 0 Å². The monoisotopic (exact) mass is 285 g/mol. The molecule has 1 aromatic carbocycles. The molecule has 1 N–H and O–H groups in total. The van der Waals surface area contributed by atoms with Crippen LogP contribution in [0.1, 0.15) is 11.1 Å². The molecule has 0 fully saturated rings. The number of benzene rings is 1. The van der Waals surface area contributed by atoms with Gasteiger partial charge in [0.1, 0.15) is 0 Å². The zero-order valence-electron chi connectivity index (χ0n) is 11.0. The van der Waals surface area contributed by atoms with Gasteiger partial charge in [0.15, 0.2) is 0 Å². The van der Waals surface area contributed by atoms with Crippen molar-refractivity contribution in [3.05, 3.63) is 58.4 Å². The highest BCUT2D eigenvalue weighted by Crippen LogP contribution is 2.22. The number of para-hydroxylation sites is 1. The molecule has 0 aliphatic heterocycles. The molecular formula is C16H15NO2S. The Labute approximate surface area is 121 Å². The molecule has 0 saturated heterocycles. The summed E-state index contributed by atoms with van der Waals surface area (Å²) in [6, 6.07) is 10.1. The van der Waals surface area contributed by atoms with Gasteiger partial charge < -0.3 is 9.67 Å². The van der Waals surface area contributed by atoms with Gasteiger partial charge in [-0.15, -0.1) is 0 Å². The number of aliphatic carboxylic acids is 1. The molecule has 2 aromatic heterocycles. The maximum Gasteiger partial charge on any atom is 0.307 e. The number of aryl methyl sites for hydroxylation is 2. The van der Waals surface area contributed by atoms with Crippen LogP contribution in [0.4, 0.5) is 0 Å². The Kier molecular flexibility index (Phi) is 3.56. The minimum Gasteiger partial charge on any atom is -0.481 e. The van der Waals surface area contributed by atoms with Crippen LogP contribution in [-0.4, -0.2) is 15.6 Å². The van der Waals surface area contributed by atoms with E-state index in [1.807, 2.05) is 30.5 Å². The molecule has 0 aliphatic carbocycles. The van der Waals surface area contributed by atoms with Crippen molar-refractivity contribution in [3.8, 4) is 0 Å². The lowest BCUT2D eigenvalue weighted by Crippen LogP contribution is -2.00. The van der Waals surface area contributed by atoms with Crippen molar-refractivity contribution >= 4 is 28.2 Å². The van der Waals surface area contributed by atoms with Crippen LogP contribution in [0.5, 0.6) is 0 Å². The summed E-state index contributed by atoms with van der Waals surface area (Å²) in [5, 5.41) is 14.3. The highest BCUT2D eigenvalue weighted by atomic mass is 32.1. The van der Waals surface area contributed by atoms with Crippen LogP contribution in [0.25, 0.3) is 10.9 Å². The predicted octanol–water partition coefficient (Wildman–Crippen LogP) is 3.57. The van der Waals surface area contributed by atoms with Crippen molar-refractivity contribution in [1.29, 1.82) is 0 Å². The number of carbonyl (C=O) groups is 1. The fraction of sp³-hybridized carbons (Fsp3) is 0.188. The van der Waals surface area contributed by atoms with Crippen molar-refractivity contribution in [1.82, 2.24) is 4.57 Å². The minimum absolute atomic E-state index is 0.0754. The summed E-state index contributed by atoms with van der Waals surface area (Å²) in [4.78, 5) is 11.0. The molecule has 0 atom stereocenters. The van der Waals surface area contributed by atoms with Crippen molar-refractivity contribution in [2.24, 2.45) is 0 Å². The summed E-state index contributed by atoms with van der Waals surface area (Å²) in [6.45, 7) is 0.872. The quantitative estimate of drug-likeness (QED) is 0.778. The first-order valence-corrected chi connectivity index (χ1v) is 7.48. The molecule has 3 nitrogen and oxygen atoms in total. The molecule has 4 heteroatoms. The number of nitrogens with zero attached hydrogens (tertiary/aromatic N) is 1. The lowest BCUT2D eigenvalue weighted by Gasteiger charge is -2.03. The Hall–Kier alpha value is -2.07. The predicted molar refractivity (Wildman–Crippen MR) is 81.3 cm³/mol. The fourth-order valence-corrected chi connectivity index (χ4v) is 3.20. The molecule has 0 amide bonds. The molecule has 20 heavy (non-hydrogen) atoms. The molecule has 0 radical (unpaired) electrons. The summed E-state index contributed by atoms with van der Waals surface area (Å²) < 4.78 is 2.16. The maximum atomic E-state index is 11.0. The van der Waals surface area contributed by atoms with Gasteiger partial charge in [-0.05, 0) is 40.4 Å².